The summed E-state index contributed by atoms with van der Waals surface area (Å²) < 4.78 is 0. The number of rotatable bonds is 8. The number of benzene rings is 1. The molecule has 0 radical (unpaired) electrons. The Balaban J connectivity index is 0.00000264. The maximum Gasteiger partial charge on any atom is 0.191 e. The third kappa shape index (κ3) is 7.08. The monoisotopic (exact) mass is 431 g/mol. The second-order valence-electron chi connectivity index (χ2n) is 6.44. The average molecular weight is 431 g/mol. The number of aryl methyl sites for hydroxylation is 1. The molecule has 3 N–H and O–H groups in total. The molecule has 1 aromatic rings. The third-order valence-corrected chi connectivity index (χ3v) is 4.29. The first kappa shape index (κ1) is 20.2. The molecule has 23 heavy (non-hydrogen) atoms. The van der Waals surface area contributed by atoms with Crippen LogP contribution >= 0.6 is 24.0 Å². The fourth-order valence-corrected chi connectivity index (χ4v) is 2.26. The second kappa shape index (κ2) is 10.1. The molecule has 0 bridgehead atoms. The molecule has 1 aromatic carbocycles. The van der Waals surface area contributed by atoms with Gasteiger partial charge in [-0.05, 0) is 31.7 Å². The van der Waals surface area contributed by atoms with E-state index >= 15 is 0 Å². The number of guanidine groups is 1. The molecule has 0 spiro atoms. The van der Waals surface area contributed by atoms with Crippen LogP contribution in [0.3, 0.4) is 0 Å². The maximum absolute atomic E-state index is 9.42. The van der Waals surface area contributed by atoms with Crippen LogP contribution in [0.25, 0.3) is 0 Å². The minimum absolute atomic E-state index is 0. The first-order chi connectivity index (χ1) is 10.7. The number of aliphatic hydroxyl groups is 1. The van der Waals surface area contributed by atoms with E-state index in [2.05, 4.69) is 53.7 Å². The van der Waals surface area contributed by atoms with Gasteiger partial charge in [-0.15, -0.1) is 24.0 Å². The van der Waals surface area contributed by atoms with Gasteiger partial charge >= 0.3 is 0 Å². The zero-order chi connectivity index (χ0) is 15.8. The summed E-state index contributed by atoms with van der Waals surface area (Å²) in [7, 11) is 0. The Bertz CT molecular complexity index is 484. The second-order valence-corrected chi connectivity index (χ2v) is 6.44. The van der Waals surface area contributed by atoms with E-state index in [-0.39, 0.29) is 36.0 Å². The molecule has 0 amide bonds. The molecule has 4 nitrogen and oxygen atoms in total. The summed E-state index contributed by atoms with van der Waals surface area (Å²) in [4.78, 5) is 4.67. The van der Waals surface area contributed by atoms with Crippen LogP contribution in [-0.4, -0.2) is 30.8 Å². The molecular weight excluding hydrogens is 401 g/mol. The molecule has 5 heteroatoms. The van der Waals surface area contributed by atoms with Crippen molar-refractivity contribution in [3.05, 3.63) is 35.4 Å². The van der Waals surface area contributed by atoms with Gasteiger partial charge in [-0.25, -0.2) is 4.99 Å². The van der Waals surface area contributed by atoms with Crippen molar-refractivity contribution in [2.45, 2.75) is 46.1 Å². The number of hydrogen-bond acceptors (Lipinski definition) is 2. The van der Waals surface area contributed by atoms with Gasteiger partial charge < -0.3 is 15.7 Å². The predicted octanol–water partition coefficient (Wildman–Crippen LogP) is 3.22. The number of hydrogen-bond donors (Lipinski definition) is 3. The predicted molar refractivity (Wildman–Crippen MR) is 107 cm³/mol. The number of unbranched alkanes of at least 4 members (excludes halogenated alkanes) is 1. The zero-order valence-corrected chi connectivity index (χ0v) is 16.6. The van der Waals surface area contributed by atoms with Gasteiger partial charge in [0.05, 0.1) is 13.2 Å². The largest absolute Gasteiger partial charge is 0.396 e. The Hall–Kier alpha value is -0.820. The van der Waals surface area contributed by atoms with Crippen molar-refractivity contribution in [2.24, 2.45) is 10.4 Å². The van der Waals surface area contributed by atoms with Crippen molar-refractivity contribution in [1.29, 1.82) is 0 Å². The number of aliphatic hydroxyl groups excluding tert-OH is 1. The normalized spacial score (nSPS) is 15.7. The van der Waals surface area contributed by atoms with E-state index in [4.69, 9.17) is 0 Å². The Morgan fingerprint density at radius 3 is 2.48 bits per heavy atom. The van der Waals surface area contributed by atoms with Crippen molar-refractivity contribution in [3.8, 4) is 0 Å². The topological polar surface area (TPSA) is 56.7 Å². The molecule has 0 atom stereocenters. The molecule has 0 aliphatic heterocycles. The molecule has 1 fully saturated rings. The van der Waals surface area contributed by atoms with Gasteiger partial charge in [-0.3, -0.25) is 0 Å². The van der Waals surface area contributed by atoms with Crippen molar-refractivity contribution in [1.82, 2.24) is 10.6 Å². The van der Waals surface area contributed by atoms with Gasteiger partial charge in [0.2, 0.25) is 0 Å². The molecular formula is C18H30IN3O. The molecule has 0 heterocycles. The Labute approximate surface area is 157 Å². The molecule has 0 aromatic heterocycles. The van der Waals surface area contributed by atoms with Crippen LogP contribution < -0.4 is 10.6 Å². The van der Waals surface area contributed by atoms with Crippen molar-refractivity contribution in [2.75, 3.05) is 19.7 Å². The lowest BCUT2D eigenvalue weighted by Gasteiger charge is -2.17. The van der Waals surface area contributed by atoms with Gasteiger partial charge in [0.15, 0.2) is 5.96 Å². The minimum atomic E-state index is 0. The van der Waals surface area contributed by atoms with Crippen LogP contribution in [-0.2, 0) is 6.54 Å². The Morgan fingerprint density at radius 2 is 1.91 bits per heavy atom. The quantitative estimate of drug-likeness (QED) is 0.257. The number of nitrogens with one attached hydrogen (secondary N) is 2. The Kier molecular flexibility index (Phi) is 8.91. The van der Waals surface area contributed by atoms with Crippen molar-refractivity contribution >= 4 is 29.9 Å². The van der Waals surface area contributed by atoms with E-state index in [0.29, 0.717) is 6.54 Å². The standard InChI is InChI=1S/C18H29N3O.HI/c1-3-4-11-19-17(21-13-18(14-22)9-10-18)20-12-16-7-5-15(2)6-8-16;/h5-8,22H,3-4,9-14H2,1-2H3,(H2,19,20,21);1H. The van der Waals surface area contributed by atoms with Crippen LogP contribution in [0.15, 0.2) is 29.3 Å². The molecule has 1 aliphatic rings. The van der Waals surface area contributed by atoms with E-state index in [1.807, 2.05) is 0 Å². The van der Waals surface area contributed by atoms with Crippen LogP contribution in [0.4, 0.5) is 0 Å². The highest BCUT2D eigenvalue weighted by Crippen LogP contribution is 2.44. The summed E-state index contributed by atoms with van der Waals surface area (Å²) in [6, 6.07) is 8.48. The van der Waals surface area contributed by atoms with Crippen molar-refractivity contribution in [3.63, 3.8) is 0 Å². The lowest BCUT2D eigenvalue weighted by Crippen LogP contribution is -2.41. The smallest absolute Gasteiger partial charge is 0.191 e. The van der Waals surface area contributed by atoms with Crippen LogP contribution in [0, 0.1) is 12.3 Å². The van der Waals surface area contributed by atoms with Gasteiger partial charge in [-0.2, -0.15) is 0 Å². The number of aliphatic imine (C=N–C) groups is 1. The summed E-state index contributed by atoms with van der Waals surface area (Å²) in [5.41, 5.74) is 2.58. The Morgan fingerprint density at radius 1 is 1.22 bits per heavy atom. The summed E-state index contributed by atoms with van der Waals surface area (Å²) in [5, 5.41) is 16.2. The average Bonchev–Trinajstić information content (AvgIpc) is 3.32. The number of nitrogens with zero attached hydrogens (tertiary/aromatic N) is 1. The first-order valence-electron chi connectivity index (χ1n) is 8.36. The first-order valence-corrected chi connectivity index (χ1v) is 8.36. The van der Waals surface area contributed by atoms with Crippen LogP contribution in [0.1, 0.15) is 43.7 Å². The highest BCUT2D eigenvalue weighted by Gasteiger charge is 2.41. The minimum Gasteiger partial charge on any atom is -0.396 e. The summed E-state index contributed by atoms with van der Waals surface area (Å²) in [6.45, 7) is 6.95. The molecule has 130 valence electrons. The number of halogens is 1. The third-order valence-electron chi connectivity index (χ3n) is 4.29. The molecule has 0 unspecified atom stereocenters. The van der Waals surface area contributed by atoms with Crippen molar-refractivity contribution < 1.29 is 5.11 Å². The summed E-state index contributed by atoms with van der Waals surface area (Å²) in [6.07, 6.45) is 4.52. The van der Waals surface area contributed by atoms with E-state index in [1.54, 1.807) is 0 Å². The van der Waals surface area contributed by atoms with Gasteiger partial charge in [-0.1, -0.05) is 43.2 Å². The molecule has 1 aliphatic carbocycles. The lowest BCUT2D eigenvalue weighted by atomic mass is 10.1. The highest BCUT2D eigenvalue weighted by molar-refractivity contribution is 14.0. The van der Waals surface area contributed by atoms with E-state index in [0.717, 1.165) is 38.3 Å². The SMILES string of the molecule is CCCCNC(=NCc1ccc(C)cc1)NCC1(CO)CC1.I. The van der Waals surface area contributed by atoms with Crippen LogP contribution in [0.5, 0.6) is 0 Å². The van der Waals surface area contributed by atoms with E-state index in [1.165, 1.54) is 17.5 Å². The maximum atomic E-state index is 9.42. The van der Waals surface area contributed by atoms with E-state index < -0.39 is 0 Å². The summed E-state index contributed by atoms with van der Waals surface area (Å²) >= 11 is 0. The highest BCUT2D eigenvalue weighted by atomic mass is 127. The van der Waals surface area contributed by atoms with E-state index in [9.17, 15) is 5.11 Å². The summed E-state index contributed by atoms with van der Waals surface area (Å²) in [5.74, 6) is 0.855. The fourth-order valence-electron chi connectivity index (χ4n) is 2.26. The molecule has 1 saturated carbocycles. The fraction of sp³-hybridized carbons (Fsp3) is 0.611. The van der Waals surface area contributed by atoms with Gasteiger partial charge in [0.1, 0.15) is 0 Å². The zero-order valence-electron chi connectivity index (χ0n) is 14.3. The van der Waals surface area contributed by atoms with Gasteiger partial charge in [0, 0.05) is 18.5 Å². The van der Waals surface area contributed by atoms with Gasteiger partial charge in [0.25, 0.3) is 0 Å². The van der Waals surface area contributed by atoms with Crippen LogP contribution in [0.2, 0.25) is 0 Å². The lowest BCUT2D eigenvalue weighted by molar-refractivity contribution is 0.212. The molecule has 0 saturated heterocycles. The molecule has 2 rings (SSSR count).